The summed E-state index contributed by atoms with van der Waals surface area (Å²) >= 11 is 0. The molecule has 1 aliphatic rings. The number of aromatic nitrogens is 2. The molecule has 0 radical (unpaired) electrons. The molecule has 1 aliphatic carbocycles. The van der Waals surface area contributed by atoms with Crippen molar-refractivity contribution >= 4 is 5.78 Å². The molecule has 0 saturated heterocycles. The Bertz CT molecular complexity index is 497. The number of ketones is 1. The van der Waals surface area contributed by atoms with Crippen LogP contribution in [-0.4, -0.2) is 34.6 Å². The van der Waals surface area contributed by atoms with Crippen LogP contribution in [0.1, 0.15) is 41.5 Å². The molecule has 2 rings (SSSR count). The van der Waals surface area contributed by atoms with Crippen LogP contribution in [0.5, 0.6) is 0 Å². The zero-order valence-corrected chi connectivity index (χ0v) is 11.7. The van der Waals surface area contributed by atoms with E-state index >= 15 is 0 Å². The summed E-state index contributed by atoms with van der Waals surface area (Å²) in [5, 5.41) is 4.49. The Morgan fingerprint density at radius 3 is 2.72 bits per heavy atom. The quantitative estimate of drug-likeness (QED) is 0.766. The van der Waals surface area contributed by atoms with Gasteiger partial charge in [-0.3, -0.25) is 9.48 Å². The van der Waals surface area contributed by atoms with Gasteiger partial charge in [0.25, 0.3) is 0 Å². The third-order valence-electron chi connectivity index (χ3n) is 3.29. The van der Waals surface area contributed by atoms with Crippen molar-refractivity contribution in [2.24, 2.45) is 7.05 Å². The van der Waals surface area contributed by atoms with Crippen molar-refractivity contribution < 1.29 is 4.79 Å². The van der Waals surface area contributed by atoms with Crippen molar-refractivity contribution in [1.29, 1.82) is 0 Å². The number of carbonyl (C=O) groups is 1. The molecule has 0 fully saturated rings. The number of hydrogen-bond acceptors (Lipinski definition) is 3. The Hall–Kier alpha value is -1.58. The largest absolute Gasteiger partial charge is 0.383 e. The molecule has 0 aliphatic heterocycles. The van der Waals surface area contributed by atoms with Crippen LogP contribution < -0.4 is 0 Å². The summed E-state index contributed by atoms with van der Waals surface area (Å²) in [6.45, 7) is 2.13. The summed E-state index contributed by atoms with van der Waals surface area (Å²) < 4.78 is 1.88. The van der Waals surface area contributed by atoms with Gasteiger partial charge in [-0.15, -0.1) is 0 Å². The van der Waals surface area contributed by atoms with Gasteiger partial charge in [0.05, 0.1) is 11.3 Å². The molecule has 0 saturated carbocycles. The number of allylic oxidation sites excluding steroid dienone is 1. The Morgan fingerprint density at radius 2 is 2.11 bits per heavy atom. The van der Waals surface area contributed by atoms with E-state index in [1.54, 1.807) is 0 Å². The molecule has 0 amide bonds. The van der Waals surface area contributed by atoms with Crippen LogP contribution in [0, 0.1) is 0 Å². The lowest BCUT2D eigenvalue weighted by Crippen LogP contribution is -2.17. The predicted molar refractivity (Wildman–Crippen MR) is 71.6 cm³/mol. The Labute approximate surface area is 108 Å². The average molecular weight is 247 g/mol. The summed E-state index contributed by atoms with van der Waals surface area (Å²) in [5.41, 5.74) is 3.82. The molecule has 0 atom stereocenters. The van der Waals surface area contributed by atoms with Crippen LogP contribution in [0.25, 0.3) is 0 Å². The van der Waals surface area contributed by atoms with Crippen LogP contribution in [0.15, 0.2) is 11.8 Å². The second-order valence-electron chi connectivity index (χ2n) is 5.09. The molecule has 0 N–H and O–H groups in total. The summed E-state index contributed by atoms with van der Waals surface area (Å²) in [5.74, 6) is 0.168. The first-order chi connectivity index (χ1) is 8.54. The number of hydrogen-bond donors (Lipinski definition) is 0. The summed E-state index contributed by atoms with van der Waals surface area (Å²) in [6, 6.07) is 0. The number of nitrogens with zero attached hydrogens (tertiary/aromatic N) is 3. The zero-order valence-electron chi connectivity index (χ0n) is 11.7. The van der Waals surface area contributed by atoms with Crippen molar-refractivity contribution in [3.63, 3.8) is 0 Å². The second kappa shape index (κ2) is 4.96. The van der Waals surface area contributed by atoms with Gasteiger partial charge in [0, 0.05) is 38.6 Å². The Balaban J connectivity index is 2.44. The maximum absolute atomic E-state index is 12.5. The van der Waals surface area contributed by atoms with E-state index in [4.69, 9.17) is 0 Å². The molecule has 18 heavy (non-hydrogen) atoms. The first kappa shape index (κ1) is 12.9. The summed E-state index contributed by atoms with van der Waals surface area (Å²) in [7, 11) is 5.84. The van der Waals surface area contributed by atoms with Gasteiger partial charge in [0.15, 0.2) is 5.78 Å². The third-order valence-corrected chi connectivity index (χ3v) is 3.29. The van der Waals surface area contributed by atoms with Gasteiger partial charge in [-0.1, -0.05) is 13.3 Å². The first-order valence-corrected chi connectivity index (χ1v) is 6.51. The zero-order chi connectivity index (χ0) is 13.3. The van der Waals surface area contributed by atoms with Crippen LogP contribution >= 0.6 is 0 Å². The molecule has 98 valence electrons. The van der Waals surface area contributed by atoms with Crippen molar-refractivity contribution in [3.05, 3.63) is 28.7 Å². The van der Waals surface area contributed by atoms with E-state index in [2.05, 4.69) is 12.0 Å². The molecule has 0 aromatic carbocycles. The fraction of sp³-hybridized carbons (Fsp3) is 0.571. The van der Waals surface area contributed by atoms with Gasteiger partial charge < -0.3 is 4.90 Å². The standard InChI is InChI=1S/C14H21N3O/c1-5-6-12-13-11(15-17(12)4)8-7-10(14(13)18)9-16(2)3/h9H,5-8H2,1-4H3. The average Bonchev–Trinajstić information content (AvgIpc) is 2.61. The fourth-order valence-electron chi connectivity index (χ4n) is 2.54. The van der Waals surface area contributed by atoms with E-state index in [0.717, 1.165) is 48.2 Å². The first-order valence-electron chi connectivity index (χ1n) is 6.51. The molecule has 0 unspecified atom stereocenters. The van der Waals surface area contributed by atoms with Crippen LogP contribution in [0.2, 0.25) is 0 Å². The highest BCUT2D eigenvalue weighted by atomic mass is 16.1. The van der Waals surface area contributed by atoms with Crippen LogP contribution in [0.4, 0.5) is 0 Å². The van der Waals surface area contributed by atoms with Gasteiger partial charge >= 0.3 is 0 Å². The Kier molecular flexibility index (Phi) is 3.55. The minimum absolute atomic E-state index is 0.168. The number of aryl methyl sites for hydroxylation is 2. The number of fused-ring (bicyclic) bond motifs is 1. The molecule has 4 heteroatoms. The minimum atomic E-state index is 0.168. The SMILES string of the molecule is CCCc1c2c(nn1C)CCC(=CN(C)C)C2=O. The normalized spacial score (nSPS) is 17.1. The molecule has 1 heterocycles. The summed E-state index contributed by atoms with van der Waals surface area (Å²) in [6.07, 6.45) is 5.56. The molecule has 0 bridgehead atoms. The van der Waals surface area contributed by atoms with Gasteiger partial charge in [-0.05, 0) is 19.3 Å². The van der Waals surface area contributed by atoms with Gasteiger partial charge in [0.2, 0.25) is 0 Å². The van der Waals surface area contributed by atoms with Gasteiger partial charge in [0.1, 0.15) is 0 Å². The molecule has 1 aromatic rings. The number of carbonyl (C=O) groups excluding carboxylic acids is 1. The van der Waals surface area contributed by atoms with E-state index in [0.29, 0.717) is 0 Å². The minimum Gasteiger partial charge on any atom is -0.383 e. The van der Waals surface area contributed by atoms with E-state index < -0.39 is 0 Å². The lowest BCUT2D eigenvalue weighted by Gasteiger charge is -2.16. The molecule has 1 aromatic heterocycles. The second-order valence-corrected chi connectivity index (χ2v) is 5.09. The number of rotatable bonds is 3. The maximum Gasteiger partial charge on any atom is 0.194 e. The molecular weight excluding hydrogens is 226 g/mol. The molecule has 0 spiro atoms. The summed E-state index contributed by atoms with van der Waals surface area (Å²) in [4.78, 5) is 14.5. The van der Waals surface area contributed by atoms with E-state index in [-0.39, 0.29) is 5.78 Å². The van der Waals surface area contributed by atoms with Crippen LogP contribution in [0.3, 0.4) is 0 Å². The smallest absolute Gasteiger partial charge is 0.194 e. The Morgan fingerprint density at radius 1 is 1.39 bits per heavy atom. The lowest BCUT2D eigenvalue weighted by molar-refractivity contribution is 0.102. The monoisotopic (exact) mass is 247 g/mol. The van der Waals surface area contributed by atoms with E-state index in [9.17, 15) is 4.79 Å². The van der Waals surface area contributed by atoms with E-state index in [1.807, 2.05) is 36.9 Å². The van der Waals surface area contributed by atoms with Crippen molar-refractivity contribution in [2.45, 2.75) is 32.6 Å². The van der Waals surface area contributed by atoms with Crippen molar-refractivity contribution in [1.82, 2.24) is 14.7 Å². The third kappa shape index (κ3) is 2.19. The maximum atomic E-state index is 12.5. The van der Waals surface area contributed by atoms with Crippen molar-refractivity contribution in [2.75, 3.05) is 14.1 Å². The highest BCUT2D eigenvalue weighted by Gasteiger charge is 2.28. The topological polar surface area (TPSA) is 38.1 Å². The molecular formula is C14H21N3O. The van der Waals surface area contributed by atoms with Gasteiger partial charge in [-0.25, -0.2) is 0 Å². The highest BCUT2D eigenvalue weighted by Crippen LogP contribution is 2.28. The molecule has 4 nitrogen and oxygen atoms in total. The van der Waals surface area contributed by atoms with Crippen molar-refractivity contribution in [3.8, 4) is 0 Å². The van der Waals surface area contributed by atoms with E-state index in [1.165, 1.54) is 0 Å². The number of Topliss-reactive ketones (excluding diaryl/α,β-unsaturated/α-hetero) is 1. The predicted octanol–water partition coefficient (Wildman–Crippen LogP) is 1.95. The lowest BCUT2D eigenvalue weighted by atomic mass is 9.89. The van der Waals surface area contributed by atoms with Gasteiger partial charge in [-0.2, -0.15) is 5.10 Å². The highest BCUT2D eigenvalue weighted by molar-refractivity contribution is 6.11. The van der Waals surface area contributed by atoms with Crippen LogP contribution in [-0.2, 0) is 19.9 Å². The fourth-order valence-corrected chi connectivity index (χ4v) is 2.54.